The van der Waals surface area contributed by atoms with Crippen molar-refractivity contribution in [3.8, 4) is 0 Å². The van der Waals surface area contributed by atoms with Crippen molar-refractivity contribution in [3.63, 3.8) is 0 Å². The van der Waals surface area contributed by atoms with Gasteiger partial charge in [0.1, 0.15) is 0 Å². The number of nitrogens with one attached hydrogen (secondary N) is 1. The number of ether oxygens (including phenoxy) is 1. The van der Waals surface area contributed by atoms with Gasteiger partial charge in [-0.05, 0) is 12.8 Å². The van der Waals surface area contributed by atoms with E-state index in [2.05, 4.69) is 30.7 Å². The van der Waals surface area contributed by atoms with Gasteiger partial charge in [0, 0.05) is 13.2 Å². The third-order valence-corrected chi connectivity index (χ3v) is 1.52. The van der Waals surface area contributed by atoms with Gasteiger partial charge < -0.3 is 15.8 Å². The average Bonchev–Trinajstić information content (AvgIpc) is 2.13. The smallest absolute Gasteiger partial charge is 0.188 e. The molecule has 0 saturated heterocycles. The quantitative estimate of drug-likeness (QED) is 0.288. The Labute approximate surface area is 92.6 Å². The summed E-state index contributed by atoms with van der Waals surface area (Å²) in [6.45, 7) is 12.6. The standard InChI is InChI=1S/C11H23N3O/c1-9(2)7-14-11(12)13-5-6-15-8-10(3)4/h10H,1,5-8H2,2-4H3,(H3,12,13,14). The number of rotatable bonds is 7. The monoisotopic (exact) mass is 213 g/mol. The van der Waals surface area contributed by atoms with Gasteiger partial charge in [-0.25, -0.2) is 4.99 Å². The molecule has 0 aromatic rings. The first kappa shape index (κ1) is 14.0. The molecular formula is C11H23N3O. The van der Waals surface area contributed by atoms with E-state index in [9.17, 15) is 0 Å². The Morgan fingerprint density at radius 1 is 1.53 bits per heavy atom. The van der Waals surface area contributed by atoms with Crippen LogP contribution in [-0.2, 0) is 4.74 Å². The van der Waals surface area contributed by atoms with Gasteiger partial charge in [0.15, 0.2) is 5.96 Å². The van der Waals surface area contributed by atoms with Crippen molar-refractivity contribution in [2.45, 2.75) is 20.8 Å². The van der Waals surface area contributed by atoms with Crippen LogP contribution in [0, 0.1) is 5.92 Å². The Morgan fingerprint density at radius 2 is 2.20 bits per heavy atom. The van der Waals surface area contributed by atoms with Gasteiger partial charge in [-0.2, -0.15) is 0 Å². The van der Waals surface area contributed by atoms with Crippen LogP contribution in [0.4, 0.5) is 0 Å². The van der Waals surface area contributed by atoms with Gasteiger partial charge in [-0.3, -0.25) is 0 Å². The van der Waals surface area contributed by atoms with Crippen molar-refractivity contribution in [2.75, 3.05) is 26.3 Å². The first-order valence-electron chi connectivity index (χ1n) is 5.28. The SMILES string of the molecule is C=C(C)CN=C(N)NCCOCC(C)C. The summed E-state index contributed by atoms with van der Waals surface area (Å²) in [5, 5.41) is 2.97. The van der Waals surface area contributed by atoms with Crippen molar-refractivity contribution in [3.05, 3.63) is 12.2 Å². The number of guanidine groups is 1. The van der Waals surface area contributed by atoms with Crippen LogP contribution in [0.3, 0.4) is 0 Å². The molecule has 0 spiro atoms. The number of aliphatic imine (C=N–C) groups is 1. The number of hydrogen-bond donors (Lipinski definition) is 2. The highest BCUT2D eigenvalue weighted by Gasteiger charge is 1.94. The molecule has 0 bridgehead atoms. The fourth-order valence-electron chi connectivity index (χ4n) is 0.846. The van der Waals surface area contributed by atoms with E-state index in [0.717, 1.165) is 12.2 Å². The fraction of sp³-hybridized carbons (Fsp3) is 0.727. The Bertz CT molecular complexity index is 212. The maximum atomic E-state index is 5.61. The van der Waals surface area contributed by atoms with Crippen molar-refractivity contribution < 1.29 is 4.74 Å². The minimum Gasteiger partial charge on any atom is -0.379 e. The highest BCUT2D eigenvalue weighted by molar-refractivity contribution is 5.77. The molecule has 0 saturated carbocycles. The normalized spacial score (nSPS) is 11.9. The van der Waals surface area contributed by atoms with Crippen molar-refractivity contribution in [1.29, 1.82) is 0 Å². The molecule has 0 aromatic carbocycles. The summed E-state index contributed by atoms with van der Waals surface area (Å²) in [5.41, 5.74) is 6.60. The van der Waals surface area contributed by atoms with Gasteiger partial charge in [0.05, 0.1) is 13.2 Å². The molecule has 0 aromatic heterocycles. The average molecular weight is 213 g/mol. The van der Waals surface area contributed by atoms with Crippen LogP contribution in [0.15, 0.2) is 17.1 Å². The summed E-state index contributed by atoms with van der Waals surface area (Å²) in [5.74, 6) is 1.02. The molecule has 0 aliphatic rings. The number of nitrogens with two attached hydrogens (primary N) is 1. The molecule has 4 nitrogen and oxygen atoms in total. The topological polar surface area (TPSA) is 59.6 Å². The van der Waals surface area contributed by atoms with Crippen LogP contribution in [0.5, 0.6) is 0 Å². The van der Waals surface area contributed by atoms with Gasteiger partial charge in [-0.15, -0.1) is 0 Å². The second kappa shape index (κ2) is 8.29. The van der Waals surface area contributed by atoms with E-state index in [1.165, 1.54) is 0 Å². The largest absolute Gasteiger partial charge is 0.379 e. The summed E-state index contributed by atoms with van der Waals surface area (Å²) in [6.07, 6.45) is 0. The van der Waals surface area contributed by atoms with Crippen LogP contribution in [-0.4, -0.2) is 32.3 Å². The van der Waals surface area contributed by atoms with E-state index in [1.807, 2.05) is 6.92 Å². The summed E-state index contributed by atoms with van der Waals surface area (Å²) in [7, 11) is 0. The summed E-state index contributed by atoms with van der Waals surface area (Å²) in [4.78, 5) is 4.08. The van der Waals surface area contributed by atoms with Crippen molar-refractivity contribution in [2.24, 2.45) is 16.6 Å². The lowest BCUT2D eigenvalue weighted by molar-refractivity contribution is 0.114. The first-order valence-corrected chi connectivity index (χ1v) is 5.28. The van der Waals surface area contributed by atoms with E-state index in [1.54, 1.807) is 0 Å². The number of hydrogen-bond acceptors (Lipinski definition) is 2. The summed E-state index contributed by atoms with van der Waals surface area (Å²) in [6, 6.07) is 0. The maximum absolute atomic E-state index is 5.61. The maximum Gasteiger partial charge on any atom is 0.188 e. The lowest BCUT2D eigenvalue weighted by atomic mass is 10.2. The van der Waals surface area contributed by atoms with E-state index in [-0.39, 0.29) is 0 Å². The lowest BCUT2D eigenvalue weighted by Crippen LogP contribution is -2.34. The predicted molar refractivity (Wildman–Crippen MR) is 65.0 cm³/mol. The molecule has 3 N–H and O–H groups in total. The second-order valence-corrected chi connectivity index (χ2v) is 4.05. The Hall–Kier alpha value is -1.03. The Balaban J connectivity index is 3.42. The zero-order valence-electron chi connectivity index (χ0n) is 10.0. The summed E-state index contributed by atoms with van der Waals surface area (Å²) >= 11 is 0. The van der Waals surface area contributed by atoms with Crippen LogP contribution in [0.25, 0.3) is 0 Å². The highest BCUT2D eigenvalue weighted by Crippen LogP contribution is 1.91. The second-order valence-electron chi connectivity index (χ2n) is 4.05. The van der Waals surface area contributed by atoms with Gasteiger partial charge in [0.25, 0.3) is 0 Å². The van der Waals surface area contributed by atoms with Crippen molar-refractivity contribution >= 4 is 5.96 Å². The Morgan fingerprint density at radius 3 is 2.73 bits per heavy atom. The van der Waals surface area contributed by atoms with Gasteiger partial charge >= 0.3 is 0 Å². The molecular weight excluding hydrogens is 190 g/mol. The van der Waals surface area contributed by atoms with Crippen LogP contribution < -0.4 is 11.1 Å². The minimum absolute atomic E-state index is 0.450. The zero-order valence-corrected chi connectivity index (χ0v) is 10.0. The molecule has 0 amide bonds. The molecule has 0 fully saturated rings. The molecule has 15 heavy (non-hydrogen) atoms. The third-order valence-electron chi connectivity index (χ3n) is 1.52. The number of nitrogens with zero attached hydrogens (tertiary/aromatic N) is 1. The van der Waals surface area contributed by atoms with E-state index in [0.29, 0.717) is 31.6 Å². The van der Waals surface area contributed by atoms with Crippen LogP contribution >= 0.6 is 0 Å². The zero-order chi connectivity index (χ0) is 11.7. The molecule has 88 valence electrons. The molecule has 0 aliphatic heterocycles. The van der Waals surface area contributed by atoms with Gasteiger partial charge in [-0.1, -0.05) is 26.0 Å². The molecule has 0 rings (SSSR count). The van der Waals surface area contributed by atoms with Crippen molar-refractivity contribution in [1.82, 2.24) is 5.32 Å². The molecule has 0 heterocycles. The van der Waals surface area contributed by atoms with Gasteiger partial charge in [0.2, 0.25) is 0 Å². The Kier molecular flexibility index (Phi) is 7.72. The molecule has 0 unspecified atom stereocenters. The highest BCUT2D eigenvalue weighted by atomic mass is 16.5. The molecule has 0 radical (unpaired) electrons. The first-order chi connectivity index (χ1) is 7.02. The van der Waals surface area contributed by atoms with Crippen LogP contribution in [0.2, 0.25) is 0 Å². The van der Waals surface area contributed by atoms with E-state index < -0.39 is 0 Å². The summed E-state index contributed by atoms with van der Waals surface area (Å²) < 4.78 is 5.38. The minimum atomic E-state index is 0.450. The lowest BCUT2D eigenvalue weighted by Gasteiger charge is -2.08. The van der Waals surface area contributed by atoms with Crippen LogP contribution in [0.1, 0.15) is 20.8 Å². The predicted octanol–water partition coefficient (Wildman–Crippen LogP) is 1.14. The fourth-order valence-corrected chi connectivity index (χ4v) is 0.846. The molecule has 4 heteroatoms. The van der Waals surface area contributed by atoms with E-state index in [4.69, 9.17) is 10.5 Å². The molecule has 0 atom stereocenters. The van der Waals surface area contributed by atoms with E-state index >= 15 is 0 Å². The molecule has 0 aliphatic carbocycles. The third kappa shape index (κ3) is 10.9.